The maximum Gasteiger partial charge on any atom is 0.252 e. The highest BCUT2D eigenvalue weighted by Gasteiger charge is 2.47. The van der Waals surface area contributed by atoms with Crippen LogP contribution in [-0.4, -0.2) is 15.8 Å². The van der Waals surface area contributed by atoms with Crippen molar-refractivity contribution < 1.29 is 52.7 Å². The van der Waals surface area contributed by atoms with Gasteiger partial charge in [0.2, 0.25) is 0 Å². The average molecular weight is 1320 g/mol. The summed E-state index contributed by atoms with van der Waals surface area (Å²) in [5, 5.41) is -3.27. The SMILES string of the molecule is [2H]c1c([2H])c(-n2c3c([2H])c([2H])c([2H])c([2H])c3c3c([2H])c([2H])c([2H])c([2H])c32)c([2H])c2c1B1c3c(cc(C(C)(C)C)cc3N(c3c(-c4ccccc4)c([2H])c([2H])c4c3oc3c(-c5ccccc5)c([2H])c([2H])c([2H])c34)c3c([2H])c(-n4c5c([2H])c([2H])c([2H])c([2H])c5c5c([2H])c([2H])c([2H])c([2H])c54)c([2H])c([2H])c31)N2c1c(-c2ccccc2)c([2H])c([2H])c2c1oc1c(-c3ccccc3)c([2H])c([2H])c([2H])c12. The fraction of sp³-hybridized carbons (Fsp3) is 0.0426. The van der Waals surface area contributed by atoms with Crippen molar-refractivity contribution in [1.82, 2.24) is 9.13 Å². The van der Waals surface area contributed by atoms with Crippen LogP contribution in [0.1, 0.15) is 70.2 Å². The van der Waals surface area contributed by atoms with Crippen molar-refractivity contribution in [3.8, 4) is 55.9 Å². The Labute approximate surface area is 629 Å². The molecule has 0 N–H and O–H groups in total. The lowest BCUT2D eigenvalue weighted by atomic mass is 9.33. The lowest BCUT2D eigenvalue weighted by molar-refractivity contribution is 0.590. The van der Waals surface area contributed by atoms with E-state index in [9.17, 15) is 38.4 Å². The number of anilines is 6. The second kappa shape index (κ2) is 21.8. The number of fused-ring (bicyclic) bond motifs is 16. The summed E-state index contributed by atoms with van der Waals surface area (Å²) in [5.74, 6) is 0. The van der Waals surface area contributed by atoms with Gasteiger partial charge in [-0.05, 0) is 122 Å². The standard InChI is InChI=1S/C94H63BN4O2/c1-94(2,3)62-54-85-87-86(55-62)99(89-66(59-28-10-5-11-29-59)49-51-76-74-41-25-39-68(91(74)101-93(76)89)61-32-14-7-15-33-61)84-57-64(97-81-44-22-18-36-71(81)72-37-19-23-45-82(72)97)47-53-78(84)95(87)77-52-46-63(96-79-42-20-16-34-69(79)70-35-17-21-43-80(70)96)56-83(77)98(85)88-65(58-26-8-4-9-27-58)48-50-75-73-40-24-38-67(90(73)100-92(75)88)60-30-12-6-13-31-60/h4-57H,1-3H3/i16D,17D,18D,19D,20D,21D,22D,23D,24D,25D,34D,35D,36D,37D,38D,39D,40D,41D,42D,43D,44D,45D,46D,47D,48D,49D,50D,51D,52D,53D,56D,57D. The lowest BCUT2D eigenvalue weighted by Crippen LogP contribution is -2.61. The van der Waals surface area contributed by atoms with Gasteiger partial charge in [-0.1, -0.05) is 275 Å². The maximum absolute atomic E-state index is 11.7. The van der Waals surface area contributed by atoms with Gasteiger partial charge in [-0.15, -0.1) is 0 Å². The fourth-order valence-corrected chi connectivity index (χ4v) is 14.7. The fourth-order valence-electron chi connectivity index (χ4n) is 14.7. The second-order valence-electron chi connectivity index (χ2n) is 25.8. The van der Waals surface area contributed by atoms with E-state index in [0.717, 1.165) is 9.13 Å². The van der Waals surface area contributed by atoms with Crippen molar-refractivity contribution in [3.63, 3.8) is 0 Å². The number of benzene rings is 15. The summed E-state index contributed by atoms with van der Waals surface area (Å²) in [6, 6.07) is 9.84. The van der Waals surface area contributed by atoms with Crippen LogP contribution in [0.3, 0.4) is 0 Å². The number of para-hydroxylation sites is 6. The molecule has 0 bridgehead atoms. The number of nitrogens with zero attached hydrogens (tertiary/aromatic N) is 4. The first kappa shape index (κ1) is 34.1. The molecular formula is C94H63BN4O2. The third-order valence-corrected chi connectivity index (χ3v) is 19.2. The summed E-state index contributed by atoms with van der Waals surface area (Å²) >= 11 is 0. The van der Waals surface area contributed by atoms with Crippen LogP contribution >= 0.6 is 0 Å². The molecule has 2 aliphatic heterocycles. The summed E-state index contributed by atoms with van der Waals surface area (Å²) in [6.45, 7) is 3.34. The second-order valence-corrected chi connectivity index (χ2v) is 25.8. The summed E-state index contributed by atoms with van der Waals surface area (Å²) < 4.78 is 338. The van der Waals surface area contributed by atoms with E-state index in [1.807, 2.05) is 0 Å². The third-order valence-electron chi connectivity index (χ3n) is 19.2. The number of hydrogen-bond acceptors (Lipinski definition) is 4. The van der Waals surface area contributed by atoms with Gasteiger partial charge in [0.15, 0.2) is 11.2 Å². The summed E-state index contributed by atoms with van der Waals surface area (Å²) in [5.41, 5.74) is -9.76. The molecule has 6 heterocycles. The molecule has 0 saturated carbocycles. The molecule has 19 aromatic rings. The predicted octanol–water partition coefficient (Wildman–Crippen LogP) is 23.7. The van der Waals surface area contributed by atoms with E-state index < -0.39 is 294 Å². The first-order valence-electron chi connectivity index (χ1n) is 48.4. The molecule has 7 heteroatoms. The van der Waals surface area contributed by atoms with Crippen LogP contribution in [0.25, 0.3) is 143 Å². The van der Waals surface area contributed by atoms with Crippen LogP contribution in [0.4, 0.5) is 34.1 Å². The molecule has 0 unspecified atom stereocenters. The minimum atomic E-state index is -2.06. The van der Waals surface area contributed by atoms with Gasteiger partial charge in [0.1, 0.15) is 11.2 Å². The van der Waals surface area contributed by atoms with Crippen molar-refractivity contribution in [2.24, 2.45) is 0 Å². The van der Waals surface area contributed by atoms with E-state index in [4.69, 9.17) is 14.3 Å². The Morgan fingerprint density at radius 1 is 0.317 bits per heavy atom. The summed E-state index contributed by atoms with van der Waals surface area (Å²) in [4.78, 5) is 2.73. The molecule has 6 nitrogen and oxygen atoms in total. The molecule has 474 valence electrons. The first-order valence-corrected chi connectivity index (χ1v) is 32.4. The first-order chi connectivity index (χ1) is 63.1. The Bertz CT molecular complexity index is 8010. The molecule has 4 aromatic heterocycles. The monoisotopic (exact) mass is 1320 g/mol. The molecule has 0 saturated heterocycles. The van der Waals surface area contributed by atoms with E-state index in [-0.39, 0.29) is 111 Å². The van der Waals surface area contributed by atoms with E-state index in [1.165, 1.54) is 9.80 Å². The normalized spacial score (nSPS) is 17.3. The van der Waals surface area contributed by atoms with Gasteiger partial charge in [0, 0.05) is 99.5 Å². The Balaban J connectivity index is 1.06. The average Bonchev–Trinajstić information content (AvgIpc) is 1.62. The molecule has 0 fully saturated rings. The Morgan fingerprint density at radius 2 is 0.653 bits per heavy atom. The molecule has 101 heavy (non-hydrogen) atoms. The van der Waals surface area contributed by atoms with Gasteiger partial charge in [-0.3, -0.25) is 0 Å². The third kappa shape index (κ3) is 8.47. The van der Waals surface area contributed by atoms with Crippen LogP contribution in [0.15, 0.2) is 336 Å². The van der Waals surface area contributed by atoms with Gasteiger partial charge in [-0.25, -0.2) is 0 Å². The van der Waals surface area contributed by atoms with Gasteiger partial charge < -0.3 is 27.8 Å². The Hall–Kier alpha value is -12.8. The highest BCUT2D eigenvalue weighted by molar-refractivity contribution is 7.00. The molecular weight excluding hydrogens is 1230 g/mol. The molecule has 15 aromatic carbocycles. The largest absolute Gasteiger partial charge is 0.453 e. The topological polar surface area (TPSA) is 42.6 Å². The van der Waals surface area contributed by atoms with Crippen molar-refractivity contribution >= 4 is 145 Å². The number of rotatable bonds is 8. The summed E-state index contributed by atoms with van der Waals surface area (Å²) in [7, 11) is 0. The predicted molar refractivity (Wildman–Crippen MR) is 424 cm³/mol. The highest BCUT2D eigenvalue weighted by Crippen LogP contribution is 2.56. The van der Waals surface area contributed by atoms with Crippen LogP contribution in [0.2, 0.25) is 0 Å². The zero-order valence-electron chi connectivity index (χ0n) is 85.4. The molecule has 0 radical (unpaired) electrons. The van der Waals surface area contributed by atoms with Gasteiger partial charge in [0.05, 0.1) is 77.3 Å². The molecule has 0 spiro atoms. The van der Waals surface area contributed by atoms with E-state index in [2.05, 4.69) is 0 Å². The maximum atomic E-state index is 11.7. The smallest absolute Gasteiger partial charge is 0.252 e. The van der Waals surface area contributed by atoms with E-state index >= 15 is 0 Å². The molecule has 0 aliphatic carbocycles. The van der Waals surface area contributed by atoms with Crippen molar-refractivity contribution in [1.29, 1.82) is 0 Å². The highest BCUT2D eigenvalue weighted by atomic mass is 16.3. The number of aromatic nitrogens is 2. The molecule has 21 rings (SSSR count). The Morgan fingerprint density at radius 3 is 1.02 bits per heavy atom. The quantitative estimate of drug-likeness (QED) is 0.142. The minimum Gasteiger partial charge on any atom is -0.453 e. The van der Waals surface area contributed by atoms with Crippen molar-refractivity contribution in [2.45, 2.75) is 26.2 Å². The Kier molecular flexibility index (Phi) is 7.37. The zero-order chi connectivity index (χ0) is 94.6. The van der Waals surface area contributed by atoms with E-state index in [1.54, 1.807) is 154 Å². The molecule has 0 atom stereocenters. The minimum absolute atomic E-state index is 0.0630. The summed E-state index contributed by atoms with van der Waals surface area (Å²) in [6.07, 6.45) is 0. The molecule has 0 amide bonds. The van der Waals surface area contributed by atoms with Crippen molar-refractivity contribution in [2.75, 3.05) is 9.80 Å². The van der Waals surface area contributed by atoms with Crippen LogP contribution in [0, 0.1) is 0 Å². The van der Waals surface area contributed by atoms with Crippen LogP contribution in [0.5, 0.6) is 0 Å². The van der Waals surface area contributed by atoms with E-state index in [0.29, 0.717) is 0 Å². The number of furan rings is 2. The van der Waals surface area contributed by atoms with Gasteiger partial charge in [0.25, 0.3) is 6.71 Å². The van der Waals surface area contributed by atoms with Crippen LogP contribution < -0.4 is 26.2 Å². The van der Waals surface area contributed by atoms with Gasteiger partial charge >= 0.3 is 0 Å². The zero-order valence-corrected chi connectivity index (χ0v) is 53.4. The van der Waals surface area contributed by atoms with Crippen LogP contribution in [-0.2, 0) is 5.41 Å². The van der Waals surface area contributed by atoms with Crippen molar-refractivity contribution in [3.05, 3.63) is 332 Å². The molecule has 2 aliphatic rings. The lowest BCUT2D eigenvalue weighted by Gasteiger charge is -2.45. The number of hydrogen-bond donors (Lipinski definition) is 0. The van der Waals surface area contributed by atoms with Gasteiger partial charge in [-0.2, -0.15) is 0 Å².